The molecule has 2 aromatic heterocycles. The van der Waals surface area contributed by atoms with Crippen LogP contribution in [0.3, 0.4) is 0 Å². The van der Waals surface area contributed by atoms with Crippen molar-refractivity contribution >= 4 is 10.9 Å². The average Bonchev–Trinajstić information content (AvgIpc) is 2.78. The van der Waals surface area contributed by atoms with Crippen molar-refractivity contribution in [3.63, 3.8) is 0 Å². The molecular formula is C24H17F2N3O. The molecule has 148 valence electrons. The first-order chi connectivity index (χ1) is 14.6. The summed E-state index contributed by atoms with van der Waals surface area (Å²) in [6.07, 6.45) is 3.01. The van der Waals surface area contributed by atoms with Crippen molar-refractivity contribution in [1.82, 2.24) is 9.97 Å². The van der Waals surface area contributed by atoms with E-state index < -0.39 is 11.6 Å². The monoisotopic (exact) mass is 401 g/mol. The van der Waals surface area contributed by atoms with Crippen LogP contribution < -0.4 is 4.74 Å². The number of hydrogen-bond donors (Lipinski definition) is 0. The molecule has 0 bridgehead atoms. The van der Waals surface area contributed by atoms with Gasteiger partial charge < -0.3 is 4.74 Å². The standard InChI is InChI=1S/C24H17F2N3O/c25-21-12-17-6-8-19(29-23(17)13-22(21)26)7-3-16-4-9-20(10-5-16)30-15-18-2-1-11-28-24(18)14-27/h1-2,4-6,8-13H,3,7,15H2. The van der Waals surface area contributed by atoms with Crippen molar-refractivity contribution in [3.05, 3.63) is 101 Å². The summed E-state index contributed by atoms with van der Waals surface area (Å²) in [6, 6.07) is 19.2. The molecule has 2 aromatic carbocycles. The fourth-order valence-electron chi connectivity index (χ4n) is 3.14. The van der Waals surface area contributed by atoms with Gasteiger partial charge in [0.15, 0.2) is 11.6 Å². The van der Waals surface area contributed by atoms with Crippen LogP contribution in [-0.2, 0) is 19.4 Å². The minimum absolute atomic E-state index is 0.272. The minimum Gasteiger partial charge on any atom is -0.489 e. The molecule has 30 heavy (non-hydrogen) atoms. The Kier molecular flexibility index (Phi) is 5.62. The average molecular weight is 401 g/mol. The molecule has 0 spiro atoms. The SMILES string of the molecule is N#Cc1ncccc1COc1ccc(CCc2ccc3cc(F)c(F)cc3n2)cc1. The number of fused-ring (bicyclic) bond motifs is 1. The molecule has 2 heterocycles. The Balaban J connectivity index is 1.37. The van der Waals surface area contributed by atoms with Crippen molar-refractivity contribution in [3.8, 4) is 11.8 Å². The summed E-state index contributed by atoms with van der Waals surface area (Å²) < 4.78 is 32.5. The molecule has 0 aliphatic carbocycles. The highest BCUT2D eigenvalue weighted by molar-refractivity contribution is 5.78. The Morgan fingerprint density at radius 1 is 0.933 bits per heavy atom. The molecular weight excluding hydrogens is 384 g/mol. The van der Waals surface area contributed by atoms with E-state index in [1.54, 1.807) is 18.3 Å². The van der Waals surface area contributed by atoms with Crippen LogP contribution in [0.2, 0.25) is 0 Å². The van der Waals surface area contributed by atoms with Gasteiger partial charge in [0, 0.05) is 28.9 Å². The van der Waals surface area contributed by atoms with Gasteiger partial charge in [0.05, 0.1) is 5.52 Å². The van der Waals surface area contributed by atoms with Crippen LogP contribution in [0.25, 0.3) is 10.9 Å². The largest absolute Gasteiger partial charge is 0.489 e. The van der Waals surface area contributed by atoms with Crippen LogP contribution in [0.4, 0.5) is 8.78 Å². The van der Waals surface area contributed by atoms with Crippen LogP contribution in [0.5, 0.6) is 5.75 Å². The van der Waals surface area contributed by atoms with E-state index in [4.69, 9.17) is 10.00 Å². The molecule has 0 N–H and O–H groups in total. The fraction of sp³-hybridized carbons (Fsp3) is 0.125. The zero-order valence-electron chi connectivity index (χ0n) is 16.0. The van der Waals surface area contributed by atoms with Gasteiger partial charge in [0.1, 0.15) is 24.1 Å². The number of benzene rings is 2. The van der Waals surface area contributed by atoms with Crippen LogP contribution >= 0.6 is 0 Å². The van der Waals surface area contributed by atoms with Crippen molar-refractivity contribution in [2.24, 2.45) is 0 Å². The van der Waals surface area contributed by atoms with E-state index in [1.165, 1.54) is 0 Å². The van der Waals surface area contributed by atoms with Gasteiger partial charge in [-0.3, -0.25) is 4.98 Å². The van der Waals surface area contributed by atoms with E-state index in [-0.39, 0.29) is 6.61 Å². The molecule has 0 radical (unpaired) electrons. The van der Waals surface area contributed by atoms with E-state index in [9.17, 15) is 8.78 Å². The van der Waals surface area contributed by atoms with Gasteiger partial charge in [-0.2, -0.15) is 5.26 Å². The summed E-state index contributed by atoms with van der Waals surface area (Å²) in [4.78, 5) is 8.44. The van der Waals surface area contributed by atoms with E-state index in [1.807, 2.05) is 36.4 Å². The third-order valence-electron chi connectivity index (χ3n) is 4.77. The molecule has 0 saturated heterocycles. The van der Waals surface area contributed by atoms with Gasteiger partial charge in [-0.1, -0.05) is 24.3 Å². The maximum Gasteiger partial charge on any atom is 0.161 e. The predicted octanol–water partition coefficient (Wildman–Crippen LogP) is 5.14. The Labute approximate surface area is 172 Å². The Bertz CT molecular complexity index is 1230. The van der Waals surface area contributed by atoms with Crippen molar-refractivity contribution < 1.29 is 13.5 Å². The number of halogens is 2. The summed E-state index contributed by atoms with van der Waals surface area (Å²) in [5.41, 5.74) is 3.47. The molecule has 0 atom stereocenters. The Hall–Kier alpha value is -3.85. The number of nitriles is 1. The summed E-state index contributed by atoms with van der Waals surface area (Å²) >= 11 is 0. The smallest absolute Gasteiger partial charge is 0.161 e. The molecule has 0 unspecified atom stereocenters. The quantitative estimate of drug-likeness (QED) is 0.449. The molecule has 4 rings (SSSR count). The predicted molar refractivity (Wildman–Crippen MR) is 109 cm³/mol. The maximum atomic E-state index is 13.4. The second kappa shape index (κ2) is 8.66. The summed E-state index contributed by atoms with van der Waals surface area (Å²) in [7, 11) is 0. The van der Waals surface area contributed by atoms with Crippen LogP contribution in [-0.4, -0.2) is 9.97 Å². The highest BCUT2D eigenvalue weighted by Gasteiger charge is 2.07. The van der Waals surface area contributed by atoms with E-state index in [0.717, 1.165) is 35.4 Å². The van der Waals surface area contributed by atoms with Crippen molar-refractivity contribution in [2.45, 2.75) is 19.4 Å². The topological polar surface area (TPSA) is 58.8 Å². The van der Waals surface area contributed by atoms with Gasteiger partial charge >= 0.3 is 0 Å². The molecule has 0 aliphatic rings. The van der Waals surface area contributed by atoms with E-state index >= 15 is 0 Å². The number of rotatable bonds is 6. The van der Waals surface area contributed by atoms with Gasteiger partial charge in [-0.25, -0.2) is 13.8 Å². The van der Waals surface area contributed by atoms with Crippen molar-refractivity contribution in [2.75, 3.05) is 0 Å². The highest BCUT2D eigenvalue weighted by Crippen LogP contribution is 2.19. The first kappa shape index (κ1) is 19.5. The number of ether oxygens (including phenoxy) is 1. The molecule has 4 aromatic rings. The lowest BCUT2D eigenvalue weighted by Gasteiger charge is -2.08. The number of aryl methyl sites for hydroxylation is 2. The molecule has 6 heteroatoms. The number of pyridine rings is 2. The third kappa shape index (κ3) is 4.41. The lowest BCUT2D eigenvalue weighted by molar-refractivity contribution is 0.305. The van der Waals surface area contributed by atoms with E-state index in [2.05, 4.69) is 16.0 Å². The second-order valence-electron chi connectivity index (χ2n) is 6.82. The van der Waals surface area contributed by atoms with Gasteiger partial charge in [0.25, 0.3) is 0 Å². The molecule has 0 aliphatic heterocycles. The first-order valence-electron chi connectivity index (χ1n) is 9.43. The number of aromatic nitrogens is 2. The van der Waals surface area contributed by atoms with Crippen LogP contribution in [0, 0.1) is 23.0 Å². The molecule has 4 nitrogen and oxygen atoms in total. The Morgan fingerprint density at radius 3 is 2.53 bits per heavy atom. The number of nitrogens with zero attached hydrogens (tertiary/aromatic N) is 3. The second-order valence-corrected chi connectivity index (χ2v) is 6.82. The zero-order valence-corrected chi connectivity index (χ0v) is 16.0. The maximum absolute atomic E-state index is 13.4. The van der Waals surface area contributed by atoms with Gasteiger partial charge in [-0.15, -0.1) is 0 Å². The first-order valence-corrected chi connectivity index (χ1v) is 9.43. The molecule has 0 saturated carbocycles. The summed E-state index contributed by atoms with van der Waals surface area (Å²) in [6.45, 7) is 0.272. The van der Waals surface area contributed by atoms with Gasteiger partial charge in [0.2, 0.25) is 0 Å². The number of hydrogen-bond acceptors (Lipinski definition) is 4. The third-order valence-corrected chi connectivity index (χ3v) is 4.77. The van der Waals surface area contributed by atoms with Crippen molar-refractivity contribution in [1.29, 1.82) is 5.26 Å². The lowest BCUT2D eigenvalue weighted by Crippen LogP contribution is -2.00. The summed E-state index contributed by atoms with van der Waals surface area (Å²) in [5, 5.41) is 9.66. The lowest BCUT2D eigenvalue weighted by atomic mass is 10.1. The Morgan fingerprint density at radius 2 is 1.73 bits per heavy atom. The van der Waals surface area contributed by atoms with Gasteiger partial charge in [-0.05, 0) is 48.7 Å². The minimum atomic E-state index is -0.893. The normalized spacial score (nSPS) is 10.7. The van der Waals surface area contributed by atoms with Crippen LogP contribution in [0.1, 0.15) is 22.5 Å². The summed E-state index contributed by atoms with van der Waals surface area (Å²) in [5.74, 6) is -1.06. The van der Waals surface area contributed by atoms with Crippen LogP contribution in [0.15, 0.2) is 66.9 Å². The highest BCUT2D eigenvalue weighted by atomic mass is 19.2. The molecule has 0 fully saturated rings. The van der Waals surface area contributed by atoms with E-state index in [0.29, 0.717) is 28.8 Å². The molecule has 0 amide bonds. The zero-order chi connectivity index (χ0) is 20.9. The fourth-order valence-corrected chi connectivity index (χ4v) is 3.14.